The third-order valence-electron chi connectivity index (χ3n) is 3.99. The van der Waals surface area contributed by atoms with Gasteiger partial charge in [-0.1, -0.05) is 5.92 Å². The molecule has 0 amide bonds. The highest BCUT2D eigenvalue weighted by molar-refractivity contribution is 5.34. The Kier molecular flexibility index (Phi) is 1.54. The molecular weight excluding hydrogens is 158 g/mol. The molecule has 3 aliphatic rings. The number of hydrogen-bond donors (Lipinski definition) is 1. The van der Waals surface area contributed by atoms with Gasteiger partial charge in [0.25, 0.3) is 0 Å². The first-order valence-corrected chi connectivity index (χ1v) is 5.25. The van der Waals surface area contributed by atoms with Crippen LogP contribution in [0.5, 0.6) is 0 Å². The van der Waals surface area contributed by atoms with Crippen LogP contribution in [0.2, 0.25) is 0 Å². The van der Waals surface area contributed by atoms with E-state index in [0.29, 0.717) is 6.04 Å². The lowest BCUT2D eigenvalue weighted by Gasteiger charge is -2.19. The summed E-state index contributed by atoms with van der Waals surface area (Å²) in [5, 5.41) is 3.63. The maximum atomic E-state index is 3.63. The fourth-order valence-electron chi connectivity index (χ4n) is 3.48. The van der Waals surface area contributed by atoms with Crippen molar-refractivity contribution in [3.05, 3.63) is 11.6 Å². The molecule has 3 rings (SSSR count). The van der Waals surface area contributed by atoms with Crippen LogP contribution in [0.25, 0.3) is 0 Å². The largest absolute Gasteiger partial charge is 0.310 e. The fraction of sp³-hybridized carbons (Fsp3) is 0.667. The molecule has 0 radical (unpaired) electrons. The van der Waals surface area contributed by atoms with E-state index in [2.05, 4.69) is 23.2 Å². The summed E-state index contributed by atoms with van der Waals surface area (Å²) in [6.07, 6.45) is 5.02. The van der Waals surface area contributed by atoms with Crippen LogP contribution < -0.4 is 5.32 Å². The summed E-state index contributed by atoms with van der Waals surface area (Å²) in [5.74, 6) is 8.88. The van der Waals surface area contributed by atoms with Crippen molar-refractivity contribution in [2.45, 2.75) is 25.8 Å². The van der Waals surface area contributed by atoms with Gasteiger partial charge in [-0.25, -0.2) is 0 Å². The second kappa shape index (κ2) is 2.62. The van der Waals surface area contributed by atoms with Crippen LogP contribution in [0.1, 0.15) is 19.8 Å². The van der Waals surface area contributed by atoms with Crippen molar-refractivity contribution in [2.75, 3.05) is 6.54 Å². The highest BCUT2D eigenvalue weighted by Crippen LogP contribution is 2.54. The standard InChI is InChI=1S/C12H15N/c1-2-3-4-10-8-5-9-7-13-12(10)11(9)6-8/h4,8-9,11-13H,5-7H2,1H3/b10-4-. The van der Waals surface area contributed by atoms with Crippen molar-refractivity contribution in [3.63, 3.8) is 0 Å². The Morgan fingerprint density at radius 3 is 3.23 bits per heavy atom. The lowest BCUT2D eigenvalue weighted by molar-refractivity contribution is 0.440. The smallest absolute Gasteiger partial charge is 0.0323 e. The summed E-state index contributed by atoms with van der Waals surface area (Å²) in [7, 11) is 0. The van der Waals surface area contributed by atoms with E-state index < -0.39 is 0 Å². The van der Waals surface area contributed by atoms with Crippen LogP contribution in [0.3, 0.4) is 0 Å². The first-order valence-electron chi connectivity index (χ1n) is 5.25. The lowest BCUT2D eigenvalue weighted by Crippen LogP contribution is -2.26. The van der Waals surface area contributed by atoms with Gasteiger partial charge >= 0.3 is 0 Å². The monoisotopic (exact) mass is 173 g/mol. The molecule has 2 aliphatic carbocycles. The average molecular weight is 173 g/mol. The molecule has 0 aromatic rings. The summed E-state index contributed by atoms with van der Waals surface area (Å²) < 4.78 is 0. The second-order valence-electron chi connectivity index (χ2n) is 4.52. The Bertz CT molecular complexity index is 316. The molecule has 1 saturated heterocycles. The van der Waals surface area contributed by atoms with Crippen molar-refractivity contribution < 1.29 is 0 Å². The van der Waals surface area contributed by atoms with E-state index in [0.717, 1.165) is 17.8 Å². The van der Waals surface area contributed by atoms with Crippen molar-refractivity contribution in [2.24, 2.45) is 17.8 Å². The molecule has 0 aromatic heterocycles. The van der Waals surface area contributed by atoms with Gasteiger partial charge in [0.1, 0.15) is 0 Å². The molecule has 0 aromatic carbocycles. The molecule has 2 bridgehead atoms. The van der Waals surface area contributed by atoms with Gasteiger partial charge in [0.2, 0.25) is 0 Å². The number of fused-ring (bicyclic) bond motifs is 1. The quantitative estimate of drug-likeness (QED) is 0.548. The van der Waals surface area contributed by atoms with E-state index in [1.54, 1.807) is 5.57 Å². The van der Waals surface area contributed by atoms with Gasteiger partial charge in [-0.3, -0.25) is 0 Å². The number of rotatable bonds is 0. The zero-order valence-electron chi connectivity index (χ0n) is 8.01. The van der Waals surface area contributed by atoms with E-state index in [1.165, 1.54) is 19.4 Å². The summed E-state index contributed by atoms with van der Waals surface area (Å²) in [5.41, 5.74) is 1.60. The molecule has 1 N–H and O–H groups in total. The lowest BCUT2D eigenvalue weighted by atomic mass is 9.86. The van der Waals surface area contributed by atoms with E-state index in [9.17, 15) is 0 Å². The molecule has 68 valence electrons. The van der Waals surface area contributed by atoms with Gasteiger partial charge in [-0.05, 0) is 55.7 Å². The van der Waals surface area contributed by atoms with Crippen LogP contribution in [0.4, 0.5) is 0 Å². The minimum atomic E-state index is 0.699. The molecule has 1 heterocycles. The Labute approximate surface area is 79.6 Å². The fourth-order valence-corrected chi connectivity index (χ4v) is 3.48. The number of allylic oxidation sites excluding steroid dienone is 1. The minimum Gasteiger partial charge on any atom is -0.310 e. The zero-order valence-corrected chi connectivity index (χ0v) is 8.01. The molecular formula is C12H15N. The highest BCUT2D eigenvalue weighted by Gasteiger charge is 2.52. The van der Waals surface area contributed by atoms with Gasteiger partial charge in [0, 0.05) is 6.04 Å². The normalized spacial score (nSPS) is 48.2. The van der Waals surface area contributed by atoms with Gasteiger partial charge in [-0.15, -0.1) is 5.92 Å². The first kappa shape index (κ1) is 7.64. The van der Waals surface area contributed by atoms with E-state index in [4.69, 9.17) is 0 Å². The van der Waals surface area contributed by atoms with Crippen LogP contribution in [0.15, 0.2) is 11.6 Å². The van der Waals surface area contributed by atoms with Crippen molar-refractivity contribution in [1.29, 1.82) is 0 Å². The Morgan fingerprint density at radius 1 is 1.46 bits per heavy atom. The number of nitrogens with one attached hydrogen (secondary N) is 1. The SMILES string of the molecule is CC#C/C=C1/C2CC3CNC1C3C2. The van der Waals surface area contributed by atoms with Gasteiger partial charge in [-0.2, -0.15) is 0 Å². The Balaban J connectivity index is 1.95. The van der Waals surface area contributed by atoms with Crippen LogP contribution in [-0.4, -0.2) is 12.6 Å². The molecule has 0 spiro atoms. The molecule has 2 saturated carbocycles. The third-order valence-corrected chi connectivity index (χ3v) is 3.99. The molecule has 3 fully saturated rings. The summed E-state index contributed by atoms with van der Waals surface area (Å²) >= 11 is 0. The summed E-state index contributed by atoms with van der Waals surface area (Å²) in [6.45, 7) is 3.16. The summed E-state index contributed by atoms with van der Waals surface area (Å²) in [4.78, 5) is 0. The molecule has 4 unspecified atom stereocenters. The van der Waals surface area contributed by atoms with E-state index >= 15 is 0 Å². The molecule has 13 heavy (non-hydrogen) atoms. The molecule has 4 atom stereocenters. The molecule has 1 aliphatic heterocycles. The maximum Gasteiger partial charge on any atom is 0.0323 e. The predicted octanol–water partition coefficient (Wildman–Crippen LogP) is 1.56. The average Bonchev–Trinajstić information content (AvgIpc) is 2.70. The maximum absolute atomic E-state index is 3.63. The predicted molar refractivity (Wildman–Crippen MR) is 53.0 cm³/mol. The molecule has 1 heteroatoms. The number of hydrogen-bond acceptors (Lipinski definition) is 1. The van der Waals surface area contributed by atoms with Crippen molar-refractivity contribution in [3.8, 4) is 11.8 Å². The second-order valence-corrected chi connectivity index (χ2v) is 4.52. The summed E-state index contributed by atoms with van der Waals surface area (Å²) in [6, 6.07) is 0.699. The van der Waals surface area contributed by atoms with Crippen molar-refractivity contribution in [1.82, 2.24) is 5.32 Å². The van der Waals surface area contributed by atoms with Gasteiger partial charge in [0.05, 0.1) is 0 Å². The van der Waals surface area contributed by atoms with Crippen LogP contribution in [0, 0.1) is 29.6 Å². The zero-order chi connectivity index (χ0) is 8.84. The Morgan fingerprint density at radius 2 is 2.38 bits per heavy atom. The Hall–Kier alpha value is -0.740. The highest BCUT2D eigenvalue weighted by atomic mass is 15.0. The van der Waals surface area contributed by atoms with Gasteiger partial charge < -0.3 is 5.32 Å². The van der Waals surface area contributed by atoms with Crippen LogP contribution >= 0.6 is 0 Å². The third kappa shape index (κ3) is 0.928. The van der Waals surface area contributed by atoms with Gasteiger partial charge in [0.15, 0.2) is 0 Å². The first-order chi connectivity index (χ1) is 6.40. The van der Waals surface area contributed by atoms with Crippen molar-refractivity contribution >= 4 is 0 Å². The minimum absolute atomic E-state index is 0.699. The topological polar surface area (TPSA) is 12.0 Å². The van der Waals surface area contributed by atoms with E-state index in [-0.39, 0.29) is 0 Å². The van der Waals surface area contributed by atoms with E-state index in [1.807, 2.05) is 6.92 Å². The molecule has 1 nitrogen and oxygen atoms in total. The van der Waals surface area contributed by atoms with Crippen LogP contribution in [-0.2, 0) is 0 Å².